The van der Waals surface area contributed by atoms with Crippen molar-refractivity contribution in [2.75, 3.05) is 23.4 Å². The van der Waals surface area contributed by atoms with Gasteiger partial charge in [0, 0.05) is 17.9 Å². The fourth-order valence-corrected chi connectivity index (χ4v) is 2.65. The first-order valence-corrected chi connectivity index (χ1v) is 8.91. The molecule has 3 aromatic rings. The Hall–Kier alpha value is -3.41. The molecule has 0 unspecified atom stereocenters. The normalized spacial score (nSPS) is 10.3. The molecule has 1 amide bonds. The molecular formula is C21H22N4O2. The number of carbonyl (C=O) groups excluding carboxylic acids is 1. The molecule has 6 nitrogen and oxygen atoms in total. The van der Waals surface area contributed by atoms with Crippen LogP contribution in [0.15, 0.2) is 66.7 Å². The zero-order chi connectivity index (χ0) is 19.1. The van der Waals surface area contributed by atoms with Gasteiger partial charge in [0.25, 0.3) is 5.91 Å². The predicted molar refractivity (Wildman–Crippen MR) is 107 cm³/mol. The molecule has 1 N–H and O–H groups in total. The van der Waals surface area contributed by atoms with Gasteiger partial charge in [0.05, 0.1) is 6.61 Å². The maximum absolute atomic E-state index is 12.7. The number of hydrogen-bond donors (Lipinski definition) is 1. The van der Waals surface area contributed by atoms with E-state index in [1.165, 1.54) is 0 Å². The first kappa shape index (κ1) is 18.4. The van der Waals surface area contributed by atoms with E-state index >= 15 is 0 Å². The molecule has 0 bridgehead atoms. The lowest BCUT2D eigenvalue weighted by molar-refractivity contribution is 0.0982. The van der Waals surface area contributed by atoms with Crippen molar-refractivity contribution in [2.24, 2.45) is 0 Å². The summed E-state index contributed by atoms with van der Waals surface area (Å²) >= 11 is 0. The van der Waals surface area contributed by atoms with Crippen LogP contribution in [-0.2, 0) is 0 Å². The fraction of sp³-hybridized carbons (Fsp3) is 0.190. The van der Waals surface area contributed by atoms with Crippen LogP contribution in [0.4, 0.5) is 17.2 Å². The lowest BCUT2D eigenvalue weighted by Crippen LogP contribution is -2.31. The molecule has 0 radical (unpaired) electrons. The third kappa shape index (κ3) is 4.61. The molecule has 0 saturated heterocycles. The smallest absolute Gasteiger partial charge is 0.278 e. The van der Waals surface area contributed by atoms with E-state index in [2.05, 4.69) is 15.5 Å². The molecule has 1 aromatic heterocycles. The number of rotatable bonds is 7. The van der Waals surface area contributed by atoms with Gasteiger partial charge >= 0.3 is 0 Å². The number of nitrogens with zero attached hydrogens (tertiary/aromatic N) is 3. The van der Waals surface area contributed by atoms with Gasteiger partial charge in [0.2, 0.25) is 0 Å². The summed E-state index contributed by atoms with van der Waals surface area (Å²) in [7, 11) is 0. The van der Waals surface area contributed by atoms with Gasteiger partial charge in [0.15, 0.2) is 11.5 Å². The van der Waals surface area contributed by atoms with E-state index in [1.807, 2.05) is 68.4 Å². The molecule has 3 rings (SSSR count). The van der Waals surface area contributed by atoms with Gasteiger partial charge < -0.3 is 15.0 Å². The van der Waals surface area contributed by atoms with E-state index in [4.69, 9.17) is 4.74 Å². The van der Waals surface area contributed by atoms with Crippen molar-refractivity contribution in [3.8, 4) is 5.75 Å². The first-order valence-electron chi connectivity index (χ1n) is 8.91. The van der Waals surface area contributed by atoms with Crippen LogP contribution in [0.2, 0.25) is 0 Å². The van der Waals surface area contributed by atoms with Crippen LogP contribution in [0.25, 0.3) is 0 Å². The van der Waals surface area contributed by atoms with Gasteiger partial charge in [-0.05, 0) is 62.4 Å². The average molecular weight is 362 g/mol. The minimum Gasteiger partial charge on any atom is -0.494 e. The number of anilines is 3. The monoisotopic (exact) mass is 362 g/mol. The number of ether oxygens (including phenoxy) is 1. The molecule has 0 aliphatic rings. The highest BCUT2D eigenvalue weighted by molar-refractivity contribution is 6.04. The molecule has 1 heterocycles. The van der Waals surface area contributed by atoms with Crippen molar-refractivity contribution in [1.82, 2.24) is 10.2 Å². The Bertz CT molecular complexity index is 865. The van der Waals surface area contributed by atoms with Crippen molar-refractivity contribution in [2.45, 2.75) is 13.8 Å². The molecular weight excluding hydrogens is 340 g/mol. The Balaban J connectivity index is 1.70. The van der Waals surface area contributed by atoms with Crippen LogP contribution >= 0.6 is 0 Å². The summed E-state index contributed by atoms with van der Waals surface area (Å²) < 4.78 is 5.42. The van der Waals surface area contributed by atoms with E-state index in [9.17, 15) is 4.79 Å². The number of aromatic nitrogens is 2. The molecule has 2 aromatic carbocycles. The van der Waals surface area contributed by atoms with Crippen LogP contribution in [0.5, 0.6) is 5.75 Å². The van der Waals surface area contributed by atoms with Crippen molar-refractivity contribution in [1.29, 1.82) is 0 Å². The van der Waals surface area contributed by atoms with Gasteiger partial charge in [-0.3, -0.25) is 4.79 Å². The number of amides is 1. The minimum atomic E-state index is -0.177. The Labute approximate surface area is 158 Å². The summed E-state index contributed by atoms with van der Waals surface area (Å²) in [5.41, 5.74) is 2.01. The number of hydrogen-bond acceptors (Lipinski definition) is 5. The highest BCUT2D eigenvalue weighted by atomic mass is 16.5. The molecule has 0 spiro atoms. The molecule has 0 fully saturated rings. The number of benzene rings is 2. The second kappa shape index (κ2) is 8.80. The quantitative estimate of drug-likeness (QED) is 0.679. The minimum absolute atomic E-state index is 0.177. The maximum Gasteiger partial charge on any atom is 0.278 e. The Morgan fingerprint density at radius 1 is 0.963 bits per heavy atom. The lowest BCUT2D eigenvalue weighted by atomic mass is 10.2. The van der Waals surface area contributed by atoms with E-state index in [0.29, 0.717) is 24.7 Å². The van der Waals surface area contributed by atoms with Crippen molar-refractivity contribution < 1.29 is 9.53 Å². The molecule has 138 valence electrons. The summed E-state index contributed by atoms with van der Waals surface area (Å²) in [4.78, 5) is 14.4. The maximum atomic E-state index is 12.7. The van der Waals surface area contributed by atoms with Crippen molar-refractivity contribution >= 4 is 23.1 Å². The van der Waals surface area contributed by atoms with Crippen molar-refractivity contribution in [3.05, 3.63) is 72.4 Å². The third-order valence-electron chi connectivity index (χ3n) is 3.95. The largest absolute Gasteiger partial charge is 0.494 e. The Kier molecular flexibility index (Phi) is 5.99. The predicted octanol–water partition coefficient (Wildman–Crippen LogP) is 4.29. The van der Waals surface area contributed by atoms with Crippen LogP contribution in [0.1, 0.15) is 24.3 Å². The Morgan fingerprint density at radius 3 is 2.30 bits per heavy atom. The van der Waals surface area contributed by atoms with Gasteiger partial charge in [0.1, 0.15) is 5.75 Å². The van der Waals surface area contributed by atoms with Gasteiger partial charge in [-0.2, -0.15) is 0 Å². The van der Waals surface area contributed by atoms with E-state index < -0.39 is 0 Å². The van der Waals surface area contributed by atoms with Crippen LogP contribution in [0.3, 0.4) is 0 Å². The fourth-order valence-electron chi connectivity index (χ4n) is 2.65. The molecule has 0 aliphatic heterocycles. The summed E-state index contributed by atoms with van der Waals surface area (Å²) in [5, 5.41) is 11.4. The van der Waals surface area contributed by atoms with Crippen LogP contribution < -0.4 is 15.0 Å². The van der Waals surface area contributed by atoms with Gasteiger partial charge in [-0.15, -0.1) is 10.2 Å². The summed E-state index contributed by atoms with van der Waals surface area (Å²) in [5.74, 6) is 1.21. The molecule has 6 heteroatoms. The highest BCUT2D eigenvalue weighted by Crippen LogP contribution is 2.20. The zero-order valence-corrected chi connectivity index (χ0v) is 15.4. The number of para-hydroxylation sites is 1. The van der Waals surface area contributed by atoms with E-state index in [-0.39, 0.29) is 5.91 Å². The SMILES string of the molecule is CCOc1ccc(Nc2ccc(C(=O)N(CC)c3ccccc3)nn2)cc1. The van der Waals surface area contributed by atoms with E-state index in [0.717, 1.165) is 17.1 Å². The van der Waals surface area contributed by atoms with Crippen LogP contribution in [0, 0.1) is 0 Å². The van der Waals surface area contributed by atoms with E-state index in [1.54, 1.807) is 17.0 Å². The number of carbonyl (C=O) groups is 1. The summed E-state index contributed by atoms with van der Waals surface area (Å²) in [6.45, 7) is 5.06. The Morgan fingerprint density at radius 2 is 1.70 bits per heavy atom. The van der Waals surface area contributed by atoms with Gasteiger partial charge in [-0.25, -0.2) is 0 Å². The third-order valence-corrected chi connectivity index (χ3v) is 3.95. The molecule has 27 heavy (non-hydrogen) atoms. The summed E-state index contributed by atoms with van der Waals surface area (Å²) in [6.07, 6.45) is 0. The molecule has 0 saturated carbocycles. The summed E-state index contributed by atoms with van der Waals surface area (Å²) in [6, 6.07) is 20.5. The number of nitrogens with one attached hydrogen (secondary N) is 1. The van der Waals surface area contributed by atoms with Crippen LogP contribution in [-0.4, -0.2) is 29.3 Å². The topological polar surface area (TPSA) is 67.3 Å². The standard InChI is InChI=1S/C21H22N4O2/c1-3-25(17-8-6-5-7-9-17)21(26)19-14-15-20(24-23-19)22-16-10-12-18(13-11-16)27-4-2/h5-15H,3-4H2,1-2H3,(H,22,24). The first-order chi connectivity index (χ1) is 13.2. The highest BCUT2D eigenvalue weighted by Gasteiger charge is 2.17. The second-order valence-corrected chi connectivity index (χ2v) is 5.77. The van der Waals surface area contributed by atoms with Crippen molar-refractivity contribution in [3.63, 3.8) is 0 Å². The molecule has 0 atom stereocenters. The zero-order valence-electron chi connectivity index (χ0n) is 15.4. The molecule has 0 aliphatic carbocycles. The van der Waals surface area contributed by atoms with Gasteiger partial charge in [-0.1, -0.05) is 18.2 Å². The average Bonchev–Trinajstić information content (AvgIpc) is 2.71. The lowest BCUT2D eigenvalue weighted by Gasteiger charge is -2.20. The second-order valence-electron chi connectivity index (χ2n) is 5.77.